The van der Waals surface area contributed by atoms with Crippen LogP contribution >= 0.6 is 0 Å². The Morgan fingerprint density at radius 2 is 0.404 bits per heavy atom. The summed E-state index contributed by atoms with van der Waals surface area (Å²) in [7, 11) is 0. The van der Waals surface area contributed by atoms with Crippen LogP contribution in [0, 0.1) is 0 Å². The fourth-order valence-electron chi connectivity index (χ4n) is 12.6. The lowest BCUT2D eigenvalue weighted by Gasteiger charge is -2.31. The minimum atomic E-state index is 1.01. The van der Waals surface area contributed by atoms with Crippen LogP contribution in [0.25, 0.3) is 60.9 Å². The van der Waals surface area contributed by atoms with Crippen LogP contribution in [0.2, 0.25) is 0 Å². The number of anilines is 12. The van der Waals surface area contributed by atoms with Crippen LogP contribution in [0.5, 0.6) is 0 Å². The van der Waals surface area contributed by atoms with E-state index < -0.39 is 0 Å². The van der Waals surface area contributed by atoms with E-state index in [0.717, 1.165) is 113 Å². The summed E-state index contributed by atoms with van der Waals surface area (Å²) >= 11 is 0. The highest BCUT2D eigenvalue weighted by atomic mass is 15.2. The van der Waals surface area contributed by atoms with Gasteiger partial charge in [0.25, 0.3) is 0 Å². The molecular formula is C84H61N5. The first kappa shape index (κ1) is 53.8. The normalized spacial score (nSPS) is 11.1. The van der Waals surface area contributed by atoms with E-state index in [1.807, 2.05) is 0 Å². The van der Waals surface area contributed by atoms with Crippen LogP contribution in [0.15, 0.2) is 370 Å². The number of para-hydroxylation sites is 10. The Morgan fingerprint density at radius 3 is 0.719 bits per heavy atom. The molecule has 15 rings (SSSR count). The molecular weight excluding hydrogens is 1080 g/mol. The number of rotatable bonds is 16. The van der Waals surface area contributed by atoms with E-state index in [1.54, 1.807) is 0 Å². The molecule has 0 N–H and O–H groups in total. The predicted octanol–water partition coefficient (Wildman–Crippen LogP) is 23.7. The van der Waals surface area contributed by atoms with Crippen LogP contribution in [0.1, 0.15) is 0 Å². The Hall–Kier alpha value is -11.9. The highest BCUT2D eigenvalue weighted by molar-refractivity contribution is 6.10. The minimum absolute atomic E-state index is 1.01. The molecule has 0 radical (unpaired) electrons. The first-order valence-electron chi connectivity index (χ1n) is 30.3. The molecule has 1 aromatic heterocycles. The Balaban J connectivity index is 1.03. The summed E-state index contributed by atoms with van der Waals surface area (Å²) in [5.74, 6) is 0. The van der Waals surface area contributed by atoms with E-state index in [9.17, 15) is 0 Å². The zero-order chi connectivity index (χ0) is 59.3. The summed E-state index contributed by atoms with van der Waals surface area (Å²) in [4.78, 5) is 9.51. The lowest BCUT2D eigenvalue weighted by molar-refractivity contribution is 1.18. The van der Waals surface area contributed by atoms with Crippen molar-refractivity contribution in [2.45, 2.75) is 0 Å². The smallest absolute Gasteiger partial charge is 0.0541 e. The molecule has 0 saturated carbocycles. The van der Waals surface area contributed by atoms with Crippen LogP contribution in [0.3, 0.4) is 0 Å². The number of fused-ring (bicyclic) bond motifs is 3. The molecule has 0 bridgehead atoms. The van der Waals surface area contributed by atoms with Crippen molar-refractivity contribution >= 4 is 90.1 Å². The third kappa shape index (κ3) is 10.9. The lowest BCUT2D eigenvalue weighted by Crippen LogP contribution is -2.13. The third-order valence-corrected chi connectivity index (χ3v) is 16.6. The Bertz CT molecular complexity index is 4280. The van der Waals surface area contributed by atoms with Crippen molar-refractivity contribution in [3.05, 3.63) is 370 Å². The van der Waals surface area contributed by atoms with Crippen molar-refractivity contribution in [2.24, 2.45) is 0 Å². The van der Waals surface area contributed by atoms with E-state index in [1.165, 1.54) is 16.3 Å². The molecule has 0 spiro atoms. The fourth-order valence-corrected chi connectivity index (χ4v) is 12.6. The molecule has 1 heterocycles. The van der Waals surface area contributed by atoms with Gasteiger partial charge in [0.1, 0.15) is 0 Å². The second-order valence-corrected chi connectivity index (χ2v) is 22.2. The molecule has 0 atom stereocenters. The third-order valence-electron chi connectivity index (χ3n) is 16.6. The van der Waals surface area contributed by atoms with Gasteiger partial charge >= 0.3 is 0 Å². The van der Waals surface area contributed by atoms with Gasteiger partial charge in [0.15, 0.2) is 0 Å². The van der Waals surface area contributed by atoms with E-state index in [2.05, 4.69) is 394 Å². The number of benzene rings is 14. The van der Waals surface area contributed by atoms with Gasteiger partial charge in [0, 0.05) is 84.7 Å². The molecule has 5 heteroatoms. The van der Waals surface area contributed by atoms with E-state index in [0.29, 0.717) is 0 Å². The molecule has 422 valence electrons. The largest absolute Gasteiger partial charge is 0.310 e. The van der Waals surface area contributed by atoms with Crippen molar-refractivity contribution in [3.63, 3.8) is 0 Å². The van der Waals surface area contributed by atoms with Crippen LogP contribution < -0.4 is 19.6 Å². The minimum Gasteiger partial charge on any atom is -0.310 e. The highest BCUT2D eigenvalue weighted by Gasteiger charge is 2.24. The van der Waals surface area contributed by atoms with Crippen molar-refractivity contribution in [1.82, 2.24) is 4.57 Å². The molecule has 15 aromatic rings. The maximum Gasteiger partial charge on any atom is 0.0541 e. The quantitative estimate of drug-likeness (QED) is 0.0959. The summed E-state index contributed by atoms with van der Waals surface area (Å²) < 4.78 is 2.39. The van der Waals surface area contributed by atoms with E-state index in [4.69, 9.17) is 0 Å². The molecule has 0 aliphatic carbocycles. The molecule has 0 saturated heterocycles. The van der Waals surface area contributed by atoms with Gasteiger partial charge in [-0.05, 0) is 215 Å². The van der Waals surface area contributed by atoms with Gasteiger partial charge in [-0.1, -0.05) is 188 Å². The second kappa shape index (κ2) is 24.2. The van der Waals surface area contributed by atoms with Crippen LogP contribution in [-0.2, 0) is 0 Å². The zero-order valence-corrected chi connectivity index (χ0v) is 49.0. The van der Waals surface area contributed by atoms with Gasteiger partial charge in [0.05, 0.1) is 11.0 Å². The Kier molecular flexibility index (Phi) is 14.6. The standard InChI is InChI=1S/C84H61N5/c1-10-30-68(31-11-1)85(69-32-12-2-13-33-69)77-55-66(56-78(60-77)86(70-34-14-3-15-35-70)71-36-16-4-17-37-71)64-52-63(62-50-51-84-82(59-62)81-48-28-29-49-83(81)89(84)76-46-26-9-27-47-76)53-65(54-64)67-57-79(87(72-38-18-5-19-39-72)73-40-20-6-21-41-73)61-80(58-67)88(74-42-22-7-23-43-74)75-44-24-8-25-45-75/h1-61H. The van der Waals surface area contributed by atoms with Crippen molar-refractivity contribution in [3.8, 4) is 39.1 Å². The number of hydrogen-bond donors (Lipinski definition) is 0. The van der Waals surface area contributed by atoms with Gasteiger partial charge in [-0.2, -0.15) is 0 Å². The van der Waals surface area contributed by atoms with E-state index in [-0.39, 0.29) is 0 Å². The lowest BCUT2D eigenvalue weighted by atomic mass is 9.91. The summed E-state index contributed by atoms with van der Waals surface area (Å²) in [6, 6.07) is 134. The first-order chi connectivity index (χ1) is 44.1. The Labute approximate surface area is 520 Å². The molecule has 0 unspecified atom stereocenters. The predicted molar refractivity (Wildman–Crippen MR) is 376 cm³/mol. The highest BCUT2D eigenvalue weighted by Crippen LogP contribution is 2.48. The fraction of sp³-hybridized carbons (Fsp3) is 0. The molecule has 0 aliphatic heterocycles. The number of hydrogen-bond acceptors (Lipinski definition) is 4. The van der Waals surface area contributed by atoms with Gasteiger partial charge in [-0.15, -0.1) is 0 Å². The van der Waals surface area contributed by atoms with E-state index >= 15 is 0 Å². The SMILES string of the molecule is c1ccc(N(c2ccccc2)c2cc(-c3cc(-c4cc(N(c5ccccc5)c5ccccc5)cc(N(c5ccccc5)c5ccccc5)c4)cc(-c4ccc5c(c4)c4ccccc4n5-c4ccccc4)c3)cc(N(c3ccccc3)c3ccccc3)c2)cc1. The van der Waals surface area contributed by atoms with Gasteiger partial charge in [0.2, 0.25) is 0 Å². The van der Waals surface area contributed by atoms with Crippen molar-refractivity contribution < 1.29 is 0 Å². The van der Waals surface area contributed by atoms with Crippen LogP contribution in [-0.4, -0.2) is 4.57 Å². The van der Waals surface area contributed by atoms with Gasteiger partial charge in [-0.3, -0.25) is 0 Å². The summed E-state index contributed by atoms with van der Waals surface area (Å²) in [6.45, 7) is 0. The van der Waals surface area contributed by atoms with Crippen molar-refractivity contribution in [1.29, 1.82) is 0 Å². The first-order valence-corrected chi connectivity index (χ1v) is 30.3. The second-order valence-electron chi connectivity index (χ2n) is 22.2. The molecule has 89 heavy (non-hydrogen) atoms. The molecule has 0 aliphatic rings. The van der Waals surface area contributed by atoms with Gasteiger partial charge < -0.3 is 24.2 Å². The van der Waals surface area contributed by atoms with Gasteiger partial charge in [-0.25, -0.2) is 0 Å². The zero-order valence-electron chi connectivity index (χ0n) is 49.0. The topological polar surface area (TPSA) is 17.9 Å². The summed E-state index contributed by atoms with van der Waals surface area (Å²) in [5.41, 5.74) is 22.4. The summed E-state index contributed by atoms with van der Waals surface area (Å²) in [6.07, 6.45) is 0. The van der Waals surface area contributed by atoms with Crippen LogP contribution in [0.4, 0.5) is 68.2 Å². The Morgan fingerprint density at radius 1 is 0.157 bits per heavy atom. The average molecular weight is 1140 g/mol. The molecule has 14 aromatic carbocycles. The summed E-state index contributed by atoms with van der Waals surface area (Å²) in [5, 5.41) is 2.39. The monoisotopic (exact) mass is 1140 g/mol. The maximum absolute atomic E-state index is 2.41. The number of nitrogens with zero attached hydrogens (tertiary/aromatic N) is 5. The molecule has 0 amide bonds. The molecule has 5 nitrogen and oxygen atoms in total. The number of aromatic nitrogens is 1. The maximum atomic E-state index is 2.41. The average Bonchev–Trinajstić information content (AvgIpc) is 2.11. The van der Waals surface area contributed by atoms with Crippen molar-refractivity contribution in [2.75, 3.05) is 19.6 Å². The molecule has 0 fully saturated rings.